The van der Waals surface area contributed by atoms with Gasteiger partial charge in [-0.3, -0.25) is 0 Å². The molecule has 2 nitrogen and oxygen atoms in total. The molecule has 2 unspecified atom stereocenters. The average Bonchev–Trinajstić information content (AvgIpc) is 3.17. The van der Waals surface area contributed by atoms with Crippen molar-refractivity contribution in [3.63, 3.8) is 0 Å². The lowest BCUT2D eigenvalue weighted by Crippen LogP contribution is -2.41. The maximum absolute atomic E-state index is 9.14. The van der Waals surface area contributed by atoms with Crippen LogP contribution in [0.5, 0.6) is 0 Å². The zero-order valence-electron chi connectivity index (χ0n) is 10.0. The highest BCUT2D eigenvalue weighted by molar-refractivity contribution is 5.06. The number of hydrogen-bond donors (Lipinski definition) is 1. The highest BCUT2D eigenvalue weighted by Crippen LogP contribution is 2.60. The Bertz CT molecular complexity index is 296. The maximum atomic E-state index is 9.14. The Morgan fingerprint density at radius 3 is 2.50 bits per heavy atom. The van der Waals surface area contributed by atoms with Gasteiger partial charge in [-0.2, -0.15) is 5.26 Å². The summed E-state index contributed by atoms with van der Waals surface area (Å²) in [5.74, 6) is 1.31. The summed E-state index contributed by atoms with van der Waals surface area (Å²) in [6.07, 6.45) is 10.7. The second-order valence-corrected chi connectivity index (χ2v) is 6.14. The van der Waals surface area contributed by atoms with Gasteiger partial charge in [-0.1, -0.05) is 12.8 Å². The summed E-state index contributed by atoms with van der Waals surface area (Å²) in [7, 11) is 0. The van der Waals surface area contributed by atoms with Gasteiger partial charge in [-0.25, -0.2) is 0 Å². The first-order valence-corrected chi connectivity index (χ1v) is 6.97. The van der Waals surface area contributed by atoms with E-state index in [2.05, 4.69) is 11.4 Å². The molecule has 0 spiro atoms. The minimum atomic E-state index is 0.281. The van der Waals surface area contributed by atoms with Crippen LogP contribution >= 0.6 is 0 Å². The number of nitrogens with one attached hydrogen (secondary N) is 1. The zero-order chi connectivity index (χ0) is 11.0. The monoisotopic (exact) mass is 218 g/mol. The van der Waals surface area contributed by atoms with Crippen LogP contribution in [0.15, 0.2) is 0 Å². The van der Waals surface area contributed by atoms with Crippen molar-refractivity contribution in [1.82, 2.24) is 5.32 Å². The molecule has 2 atom stereocenters. The summed E-state index contributed by atoms with van der Waals surface area (Å²) in [4.78, 5) is 0. The quantitative estimate of drug-likeness (QED) is 0.787. The third-order valence-electron chi connectivity index (χ3n) is 4.98. The summed E-state index contributed by atoms with van der Waals surface area (Å²) in [6.45, 7) is 1.19. The molecule has 0 saturated heterocycles. The maximum Gasteiger partial charge on any atom is 0.0672 e. The van der Waals surface area contributed by atoms with E-state index in [-0.39, 0.29) is 5.92 Å². The van der Waals surface area contributed by atoms with Crippen molar-refractivity contribution in [3.05, 3.63) is 0 Å². The van der Waals surface area contributed by atoms with E-state index < -0.39 is 0 Å². The van der Waals surface area contributed by atoms with Gasteiger partial charge >= 0.3 is 0 Å². The minimum Gasteiger partial charge on any atom is -0.312 e. The van der Waals surface area contributed by atoms with E-state index in [0.717, 1.165) is 12.3 Å². The molecule has 0 aromatic heterocycles. The van der Waals surface area contributed by atoms with Gasteiger partial charge in [0.2, 0.25) is 0 Å². The molecule has 3 saturated carbocycles. The predicted octanol–water partition coefficient (Wildman–Crippen LogP) is 2.85. The van der Waals surface area contributed by atoms with Gasteiger partial charge in [0.1, 0.15) is 0 Å². The molecule has 3 aliphatic carbocycles. The van der Waals surface area contributed by atoms with Crippen molar-refractivity contribution >= 4 is 0 Å². The van der Waals surface area contributed by atoms with Gasteiger partial charge < -0.3 is 5.32 Å². The van der Waals surface area contributed by atoms with Crippen LogP contribution in [0.2, 0.25) is 0 Å². The standard InChI is InChI=1S/C14H22N2/c15-9-11-3-1-2-4-13(11)16-10-14(7-8-14)12-5-6-12/h11-13,16H,1-8,10H2. The molecular formula is C14H22N2. The van der Waals surface area contributed by atoms with Crippen LogP contribution in [-0.2, 0) is 0 Å². The Balaban J connectivity index is 1.52. The largest absolute Gasteiger partial charge is 0.312 e. The fraction of sp³-hybridized carbons (Fsp3) is 0.929. The average molecular weight is 218 g/mol. The molecule has 0 heterocycles. The van der Waals surface area contributed by atoms with E-state index in [9.17, 15) is 0 Å². The first-order chi connectivity index (χ1) is 7.84. The number of rotatable bonds is 4. The zero-order valence-corrected chi connectivity index (χ0v) is 10.0. The summed E-state index contributed by atoms with van der Waals surface area (Å²) in [5.41, 5.74) is 0.678. The summed E-state index contributed by atoms with van der Waals surface area (Å²) in [5, 5.41) is 12.9. The van der Waals surface area contributed by atoms with Crippen molar-refractivity contribution in [1.29, 1.82) is 5.26 Å². The Morgan fingerprint density at radius 2 is 1.88 bits per heavy atom. The van der Waals surface area contributed by atoms with Crippen molar-refractivity contribution in [3.8, 4) is 6.07 Å². The number of nitrogens with zero attached hydrogens (tertiary/aromatic N) is 1. The second kappa shape index (κ2) is 4.04. The van der Waals surface area contributed by atoms with Crippen LogP contribution in [0.1, 0.15) is 51.4 Å². The second-order valence-electron chi connectivity index (χ2n) is 6.14. The lowest BCUT2D eigenvalue weighted by Gasteiger charge is -2.29. The molecule has 0 aliphatic heterocycles. The highest BCUT2D eigenvalue weighted by Gasteiger charge is 2.53. The molecule has 3 rings (SSSR count). The molecule has 0 bridgehead atoms. The smallest absolute Gasteiger partial charge is 0.0672 e. The fourth-order valence-electron chi connectivity index (χ4n) is 3.45. The predicted molar refractivity (Wildman–Crippen MR) is 63.8 cm³/mol. The first-order valence-electron chi connectivity index (χ1n) is 6.97. The van der Waals surface area contributed by atoms with E-state index in [4.69, 9.17) is 5.26 Å². The van der Waals surface area contributed by atoms with E-state index in [1.54, 1.807) is 0 Å². The van der Waals surface area contributed by atoms with Gasteiger partial charge in [-0.15, -0.1) is 0 Å². The molecule has 0 aromatic rings. The number of nitriles is 1. The molecule has 16 heavy (non-hydrogen) atoms. The van der Waals surface area contributed by atoms with Crippen LogP contribution in [-0.4, -0.2) is 12.6 Å². The van der Waals surface area contributed by atoms with Gasteiger partial charge in [0.15, 0.2) is 0 Å². The van der Waals surface area contributed by atoms with Crippen LogP contribution in [0, 0.1) is 28.6 Å². The van der Waals surface area contributed by atoms with E-state index in [0.29, 0.717) is 11.5 Å². The van der Waals surface area contributed by atoms with Crippen molar-refractivity contribution in [2.24, 2.45) is 17.3 Å². The van der Waals surface area contributed by atoms with Crippen LogP contribution < -0.4 is 5.32 Å². The lowest BCUT2D eigenvalue weighted by molar-refractivity contribution is 0.280. The molecule has 3 fully saturated rings. The molecule has 0 aromatic carbocycles. The van der Waals surface area contributed by atoms with Gasteiger partial charge in [0.05, 0.1) is 12.0 Å². The van der Waals surface area contributed by atoms with Crippen LogP contribution in [0.4, 0.5) is 0 Å². The third kappa shape index (κ3) is 1.98. The minimum absolute atomic E-state index is 0.281. The van der Waals surface area contributed by atoms with Gasteiger partial charge in [0.25, 0.3) is 0 Å². The molecular weight excluding hydrogens is 196 g/mol. The molecule has 0 radical (unpaired) electrons. The fourth-order valence-corrected chi connectivity index (χ4v) is 3.45. The van der Waals surface area contributed by atoms with E-state index in [1.165, 1.54) is 51.5 Å². The highest BCUT2D eigenvalue weighted by atomic mass is 15.0. The molecule has 1 N–H and O–H groups in total. The first kappa shape index (κ1) is 10.6. The molecule has 0 amide bonds. The normalized spacial score (nSPS) is 36.7. The van der Waals surface area contributed by atoms with Crippen molar-refractivity contribution in [2.75, 3.05) is 6.54 Å². The molecule has 3 aliphatic rings. The summed E-state index contributed by atoms with van der Waals surface area (Å²) >= 11 is 0. The molecule has 2 heteroatoms. The van der Waals surface area contributed by atoms with Crippen LogP contribution in [0.3, 0.4) is 0 Å². The SMILES string of the molecule is N#CC1CCCCC1NCC1(C2CC2)CC1. The Kier molecular flexibility index (Phi) is 2.67. The van der Waals surface area contributed by atoms with Crippen molar-refractivity contribution < 1.29 is 0 Å². The van der Waals surface area contributed by atoms with E-state index in [1.807, 2.05) is 0 Å². The topological polar surface area (TPSA) is 35.8 Å². The van der Waals surface area contributed by atoms with Crippen LogP contribution in [0.25, 0.3) is 0 Å². The third-order valence-corrected chi connectivity index (χ3v) is 4.98. The summed E-state index contributed by atoms with van der Waals surface area (Å²) in [6, 6.07) is 2.99. The lowest BCUT2D eigenvalue weighted by atomic mass is 9.85. The number of hydrogen-bond acceptors (Lipinski definition) is 2. The summed E-state index contributed by atoms with van der Waals surface area (Å²) < 4.78 is 0. The Labute approximate surface area is 98.4 Å². The molecule has 88 valence electrons. The van der Waals surface area contributed by atoms with Gasteiger partial charge in [-0.05, 0) is 49.9 Å². The van der Waals surface area contributed by atoms with E-state index >= 15 is 0 Å². The van der Waals surface area contributed by atoms with Gasteiger partial charge in [0, 0.05) is 12.6 Å². The van der Waals surface area contributed by atoms with Crippen molar-refractivity contribution in [2.45, 2.75) is 57.4 Å². The Morgan fingerprint density at radius 1 is 1.12 bits per heavy atom. The Hall–Kier alpha value is -0.550.